The SMILES string of the molecule is COc1cccc([C@H]2OC(c3ccc(OCCCO)cc3)=N[C@@]2(Cc2ccccc2CN=[N+]=[N-])C(=O)NCc2ccc(N(C)C)cc2)c1. The van der Waals surface area contributed by atoms with E-state index in [-0.39, 0.29) is 32.0 Å². The highest BCUT2D eigenvalue weighted by Gasteiger charge is 2.53. The number of ether oxygens (including phenoxy) is 3. The Morgan fingerprint density at radius 1 is 1.02 bits per heavy atom. The van der Waals surface area contributed by atoms with E-state index in [0.29, 0.717) is 36.0 Å². The van der Waals surface area contributed by atoms with Gasteiger partial charge >= 0.3 is 0 Å². The number of benzene rings is 4. The quantitative estimate of drug-likeness (QED) is 0.0686. The lowest BCUT2D eigenvalue weighted by Crippen LogP contribution is -2.49. The second-order valence-electron chi connectivity index (χ2n) is 11.6. The molecule has 0 radical (unpaired) electrons. The molecule has 0 aromatic heterocycles. The van der Waals surface area contributed by atoms with Gasteiger partial charge in [-0.1, -0.05) is 53.6 Å². The van der Waals surface area contributed by atoms with Crippen molar-refractivity contribution in [2.75, 3.05) is 39.3 Å². The van der Waals surface area contributed by atoms with E-state index in [1.165, 1.54) is 0 Å². The van der Waals surface area contributed by atoms with Crippen LogP contribution < -0.4 is 19.7 Å². The van der Waals surface area contributed by atoms with Crippen molar-refractivity contribution in [1.82, 2.24) is 5.32 Å². The molecule has 1 aliphatic heterocycles. The number of aliphatic hydroxyl groups excluding tert-OH is 1. The molecule has 4 aromatic rings. The predicted octanol–water partition coefficient (Wildman–Crippen LogP) is 6.15. The zero-order valence-corrected chi connectivity index (χ0v) is 27.4. The van der Waals surface area contributed by atoms with Crippen LogP contribution in [0.25, 0.3) is 10.4 Å². The van der Waals surface area contributed by atoms with Gasteiger partial charge in [-0.25, -0.2) is 4.99 Å². The molecule has 2 N–H and O–H groups in total. The Kier molecular flexibility index (Phi) is 11.2. The highest BCUT2D eigenvalue weighted by atomic mass is 16.5. The molecule has 1 heterocycles. The second-order valence-corrected chi connectivity index (χ2v) is 11.6. The van der Waals surface area contributed by atoms with Gasteiger partial charge in [-0.3, -0.25) is 4.79 Å². The van der Waals surface area contributed by atoms with Gasteiger partial charge < -0.3 is 29.5 Å². The van der Waals surface area contributed by atoms with E-state index in [0.717, 1.165) is 27.9 Å². The summed E-state index contributed by atoms with van der Waals surface area (Å²) in [7, 11) is 5.55. The van der Waals surface area contributed by atoms with Crippen LogP contribution in [0.1, 0.15) is 40.3 Å². The average molecular weight is 649 g/mol. The van der Waals surface area contributed by atoms with E-state index in [9.17, 15) is 4.79 Å². The zero-order valence-electron chi connectivity index (χ0n) is 27.4. The van der Waals surface area contributed by atoms with Crippen molar-refractivity contribution in [3.05, 3.63) is 135 Å². The molecule has 0 spiro atoms. The van der Waals surface area contributed by atoms with Gasteiger partial charge in [-0.05, 0) is 76.3 Å². The molecule has 4 aromatic carbocycles. The van der Waals surface area contributed by atoms with Crippen molar-refractivity contribution < 1.29 is 24.1 Å². The summed E-state index contributed by atoms with van der Waals surface area (Å²) in [5, 5.41) is 16.1. The van der Waals surface area contributed by atoms with Crippen molar-refractivity contribution in [2.24, 2.45) is 10.1 Å². The first-order valence-corrected chi connectivity index (χ1v) is 15.7. The van der Waals surface area contributed by atoms with Crippen LogP contribution in [0.2, 0.25) is 0 Å². The van der Waals surface area contributed by atoms with E-state index in [2.05, 4.69) is 15.3 Å². The number of carbonyl (C=O) groups excluding carboxylic acids is 1. The largest absolute Gasteiger partial charge is 0.497 e. The molecule has 0 unspecified atom stereocenters. The first-order valence-electron chi connectivity index (χ1n) is 15.7. The van der Waals surface area contributed by atoms with E-state index in [4.69, 9.17) is 29.8 Å². The van der Waals surface area contributed by atoms with Gasteiger partial charge in [0.15, 0.2) is 11.6 Å². The Bertz CT molecular complexity index is 1770. The van der Waals surface area contributed by atoms with Crippen LogP contribution in [0.4, 0.5) is 5.69 Å². The zero-order chi connectivity index (χ0) is 33.9. The minimum absolute atomic E-state index is 0.0475. The maximum Gasteiger partial charge on any atom is 0.252 e. The van der Waals surface area contributed by atoms with Crippen molar-refractivity contribution in [3.8, 4) is 11.5 Å². The number of azide groups is 1. The molecule has 0 bridgehead atoms. The first-order chi connectivity index (χ1) is 23.4. The number of hydrogen-bond donors (Lipinski definition) is 2. The second kappa shape index (κ2) is 15.9. The van der Waals surface area contributed by atoms with Crippen molar-refractivity contribution in [1.29, 1.82) is 0 Å². The third-order valence-electron chi connectivity index (χ3n) is 8.21. The monoisotopic (exact) mass is 648 g/mol. The minimum Gasteiger partial charge on any atom is -0.497 e. The summed E-state index contributed by atoms with van der Waals surface area (Å²) >= 11 is 0. The molecular weight excluding hydrogens is 608 g/mol. The van der Waals surface area contributed by atoms with Crippen molar-refractivity contribution in [2.45, 2.75) is 37.6 Å². The van der Waals surface area contributed by atoms with E-state index in [1.54, 1.807) is 7.11 Å². The predicted molar refractivity (Wildman–Crippen MR) is 185 cm³/mol. The van der Waals surface area contributed by atoms with E-state index in [1.807, 2.05) is 116 Å². The Morgan fingerprint density at radius 3 is 2.46 bits per heavy atom. The number of carbonyl (C=O) groups is 1. The molecular formula is C37H40N6O5. The summed E-state index contributed by atoms with van der Waals surface area (Å²) in [5.74, 6) is 1.26. The van der Waals surface area contributed by atoms with Crippen LogP contribution >= 0.6 is 0 Å². The van der Waals surface area contributed by atoms with Gasteiger partial charge in [0.25, 0.3) is 5.91 Å². The Balaban J connectivity index is 1.59. The highest BCUT2D eigenvalue weighted by molar-refractivity contribution is 6.01. The molecule has 48 heavy (non-hydrogen) atoms. The standard InChI is InChI=1S/C37H40N6O5/c1-43(2)31-16-12-26(13-17-31)24-39-36(45)37(23-29-8-4-5-9-30(29)25-40-42-38)34(28-10-6-11-33(22-28)46-3)48-35(41-37)27-14-18-32(19-15-27)47-21-7-20-44/h4-6,8-19,22,34,44H,7,20-21,23-25H2,1-3H3,(H,39,45)/t34-,37-/m1/s1. The number of rotatable bonds is 15. The number of aliphatic hydroxyl groups is 1. The minimum atomic E-state index is -1.45. The maximum absolute atomic E-state index is 14.7. The molecule has 1 aliphatic rings. The van der Waals surface area contributed by atoms with E-state index >= 15 is 0 Å². The number of methoxy groups -OCH3 is 1. The smallest absolute Gasteiger partial charge is 0.252 e. The molecule has 0 fully saturated rings. The van der Waals surface area contributed by atoms with Crippen LogP contribution in [-0.4, -0.2) is 56.9 Å². The average Bonchev–Trinajstić information content (AvgIpc) is 3.51. The highest BCUT2D eigenvalue weighted by Crippen LogP contribution is 2.44. The summed E-state index contributed by atoms with van der Waals surface area (Å²) in [4.78, 5) is 24.8. The topological polar surface area (TPSA) is 141 Å². The lowest BCUT2D eigenvalue weighted by Gasteiger charge is -2.31. The van der Waals surface area contributed by atoms with Crippen LogP contribution in [0.5, 0.6) is 11.5 Å². The summed E-state index contributed by atoms with van der Waals surface area (Å²) in [6.45, 7) is 0.847. The Labute approximate surface area is 280 Å². The number of hydrogen-bond acceptors (Lipinski definition) is 8. The fraction of sp³-hybridized carbons (Fsp3) is 0.297. The molecule has 0 saturated carbocycles. The lowest BCUT2D eigenvalue weighted by atomic mass is 9.80. The molecule has 1 amide bonds. The Hall–Kier alpha value is -5.51. The summed E-state index contributed by atoms with van der Waals surface area (Å²) < 4.78 is 17.9. The summed E-state index contributed by atoms with van der Waals surface area (Å²) in [6.07, 6.45) is -0.131. The lowest BCUT2D eigenvalue weighted by molar-refractivity contribution is -0.129. The van der Waals surface area contributed by atoms with Gasteiger partial charge in [0, 0.05) is 56.3 Å². The fourth-order valence-corrected chi connectivity index (χ4v) is 5.62. The molecule has 5 rings (SSSR count). The first kappa shape index (κ1) is 33.8. The van der Waals surface area contributed by atoms with Crippen LogP contribution in [0, 0.1) is 0 Å². The molecule has 11 nitrogen and oxygen atoms in total. The van der Waals surface area contributed by atoms with Gasteiger partial charge in [0.05, 0.1) is 20.3 Å². The van der Waals surface area contributed by atoms with Crippen molar-refractivity contribution >= 4 is 17.5 Å². The number of nitrogens with zero attached hydrogens (tertiary/aromatic N) is 5. The molecule has 11 heteroatoms. The van der Waals surface area contributed by atoms with Crippen LogP contribution in [0.3, 0.4) is 0 Å². The van der Waals surface area contributed by atoms with E-state index < -0.39 is 11.6 Å². The number of amides is 1. The number of aliphatic imine (C=N–C) groups is 1. The van der Waals surface area contributed by atoms with Gasteiger partial charge in [-0.2, -0.15) is 0 Å². The third kappa shape index (κ3) is 7.88. The third-order valence-corrected chi connectivity index (χ3v) is 8.21. The van der Waals surface area contributed by atoms with Gasteiger partial charge in [0.1, 0.15) is 11.5 Å². The maximum atomic E-state index is 14.7. The molecule has 0 saturated heterocycles. The molecule has 2 atom stereocenters. The van der Waals surface area contributed by atoms with Gasteiger partial charge in [-0.15, -0.1) is 0 Å². The van der Waals surface area contributed by atoms with Crippen LogP contribution in [-0.2, 0) is 29.0 Å². The number of nitrogens with one attached hydrogen (secondary N) is 1. The molecule has 0 aliphatic carbocycles. The van der Waals surface area contributed by atoms with Crippen LogP contribution in [0.15, 0.2) is 107 Å². The van der Waals surface area contributed by atoms with Gasteiger partial charge in [0.2, 0.25) is 5.90 Å². The fourth-order valence-electron chi connectivity index (χ4n) is 5.62. The summed E-state index contributed by atoms with van der Waals surface area (Å²) in [6, 6.07) is 30.3. The van der Waals surface area contributed by atoms with Crippen molar-refractivity contribution in [3.63, 3.8) is 0 Å². The Morgan fingerprint density at radius 2 is 1.77 bits per heavy atom. The number of anilines is 1. The molecule has 248 valence electrons. The normalized spacial score (nSPS) is 16.7. The summed E-state index contributed by atoms with van der Waals surface area (Å²) in [5.41, 5.74) is 12.6.